The highest BCUT2D eigenvalue weighted by molar-refractivity contribution is 7.99. The molecule has 0 aromatic heterocycles. The lowest BCUT2D eigenvalue weighted by atomic mass is 10.1. The first-order valence-corrected chi connectivity index (χ1v) is 7.45. The van der Waals surface area contributed by atoms with Gasteiger partial charge in [-0.15, -0.1) is 0 Å². The molecule has 0 radical (unpaired) electrons. The van der Waals surface area contributed by atoms with Crippen LogP contribution in [0.2, 0.25) is 0 Å². The van der Waals surface area contributed by atoms with E-state index in [-0.39, 0.29) is 5.97 Å². The van der Waals surface area contributed by atoms with Gasteiger partial charge in [0.1, 0.15) is 0 Å². The Labute approximate surface area is 113 Å². The fourth-order valence-corrected chi connectivity index (χ4v) is 2.17. The first kappa shape index (κ1) is 14.9. The second kappa shape index (κ2) is 8.86. The molecule has 1 rings (SSSR count). The van der Waals surface area contributed by atoms with Gasteiger partial charge in [-0.25, -0.2) is 0 Å². The molecule has 0 unspecified atom stereocenters. The van der Waals surface area contributed by atoms with E-state index in [0.717, 1.165) is 29.2 Å². The zero-order chi connectivity index (χ0) is 13.2. The largest absolute Gasteiger partial charge is 0.466 e. The number of hydrogen-bond acceptors (Lipinski definition) is 4. The maximum atomic E-state index is 11.5. The second-order valence-electron chi connectivity index (χ2n) is 4.02. The smallest absolute Gasteiger partial charge is 0.306 e. The molecule has 1 aromatic rings. The molecule has 1 aromatic carbocycles. The Morgan fingerprint density at radius 3 is 3.00 bits per heavy atom. The van der Waals surface area contributed by atoms with Crippen LogP contribution in [0.15, 0.2) is 24.3 Å². The summed E-state index contributed by atoms with van der Waals surface area (Å²) >= 11 is 1.87. The number of carbonyl (C=O) groups is 1. The zero-order valence-electron chi connectivity index (χ0n) is 10.9. The van der Waals surface area contributed by atoms with Crippen molar-refractivity contribution in [1.82, 2.24) is 0 Å². The molecule has 4 heteroatoms. The zero-order valence-corrected chi connectivity index (χ0v) is 11.7. The number of benzene rings is 1. The number of rotatable bonds is 8. The van der Waals surface area contributed by atoms with Crippen molar-refractivity contribution >= 4 is 23.4 Å². The van der Waals surface area contributed by atoms with E-state index in [1.165, 1.54) is 0 Å². The Balaban J connectivity index is 2.13. The quantitative estimate of drug-likeness (QED) is 0.447. The standard InChI is InChI=1S/C14H21NO2S/c1-2-18-10-4-9-17-14(16)8-7-12-5-3-6-13(15)11-12/h3,5-6,11H,2,4,7-10,15H2,1H3. The Bertz CT molecular complexity index is 369. The van der Waals surface area contributed by atoms with Gasteiger partial charge < -0.3 is 10.5 Å². The summed E-state index contributed by atoms with van der Waals surface area (Å²) in [6.45, 7) is 2.66. The van der Waals surface area contributed by atoms with E-state index < -0.39 is 0 Å². The Morgan fingerprint density at radius 2 is 2.28 bits per heavy atom. The number of anilines is 1. The van der Waals surface area contributed by atoms with Gasteiger partial charge in [0.25, 0.3) is 0 Å². The molecular formula is C14H21NO2S. The molecule has 0 amide bonds. The average Bonchev–Trinajstić information content (AvgIpc) is 2.36. The van der Waals surface area contributed by atoms with E-state index in [2.05, 4.69) is 6.92 Å². The van der Waals surface area contributed by atoms with Gasteiger partial charge in [0.2, 0.25) is 0 Å². The van der Waals surface area contributed by atoms with Gasteiger partial charge in [-0.05, 0) is 42.0 Å². The van der Waals surface area contributed by atoms with Gasteiger partial charge in [0, 0.05) is 12.1 Å². The summed E-state index contributed by atoms with van der Waals surface area (Å²) < 4.78 is 5.16. The summed E-state index contributed by atoms with van der Waals surface area (Å²) in [6, 6.07) is 7.61. The highest BCUT2D eigenvalue weighted by Gasteiger charge is 2.03. The van der Waals surface area contributed by atoms with Crippen molar-refractivity contribution in [3.05, 3.63) is 29.8 Å². The number of nitrogen functional groups attached to an aromatic ring is 1. The number of thioether (sulfide) groups is 1. The van der Waals surface area contributed by atoms with E-state index in [4.69, 9.17) is 10.5 Å². The summed E-state index contributed by atoms with van der Waals surface area (Å²) in [5.74, 6) is 2.04. The molecule has 0 atom stereocenters. The number of hydrogen-bond donors (Lipinski definition) is 1. The lowest BCUT2D eigenvalue weighted by molar-refractivity contribution is -0.143. The fraction of sp³-hybridized carbons (Fsp3) is 0.500. The Morgan fingerprint density at radius 1 is 1.44 bits per heavy atom. The van der Waals surface area contributed by atoms with Crippen LogP contribution in [-0.2, 0) is 16.0 Å². The third-order valence-electron chi connectivity index (χ3n) is 2.47. The molecule has 0 saturated carbocycles. The molecule has 0 spiro atoms. The summed E-state index contributed by atoms with van der Waals surface area (Å²) in [4.78, 5) is 11.5. The fourth-order valence-electron chi connectivity index (χ4n) is 1.56. The molecule has 0 aliphatic rings. The lowest BCUT2D eigenvalue weighted by Crippen LogP contribution is -2.07. The molecule has 0 fully saturated rings. The van der Waals surface area contributed by atoms with Gasteiger partial charge >= 0.3 is 5.97 Å². The van der Waals surface area contributed by atoms with Gasteiger partial charge in [-0.2, -0.15) is 11.8 Å². The van der Waals surface area contributed by atoms with Crippen molar-refractivity contribution < 1.29 is 9.53 Å². The van der Waals surface area contributed by atoms with Crippen LogP contribution in [0.4, 0.5) is 5.69 Å². The van der Waals surface area contributed by atoms with Gasteiger partial charge in [-0.3, -0.25) is 4.79 Å². The van der Waals surface area contributed by atoms with Crippen molar-refractivity contribution in [2.45, 2.75) is 26.2 Å². The topological polar surface area (TPSA) is 52.3 Å². The van der Waals surface area contributed by atoms with Crippen LogP contribution in [-0.4, -0.2) is 24.1 Å². The molecule has 0 saturated heterocycles. The molecule has 0 heterocycles. The number of aryl methyl sites for hydroxylation is 1. The normalized spacial score (nSPS) is 10.3. The second-order valence-corrected chi connectivity index (χ2v) is 5.41. The third-order valence-corrected chi connectivity index (χ3v) is 3.45. The van der Waals surface area contributed by atoms with Crippen LogP contribution in [0.25, 0.3) is 0 Å². The van der Waals surface area contributed by atoms with Crippen LogP contribution >= 0.6 is 11.8 Å². The number of esters is 1. The minimum absolute atomic E-state index is 0.126. The summed E-state index contributed by atoms with van der Waals surface area (Å²) in [7, 11) is 0. The predicted molar refractivity (Wildman–Crippen MR) is 77.8 cm³/mol. The van der Waals surface area contributed by atoms with E-state index in [0.29, 0.717) is 19.4 Å². The van der Waals surface area contributed by atoms with Crippen LogP contribution in [0, 0.1) is 0 Å². The summed E-state index contributed by atoms with van der Waals surface area (Å²) in [5.41, 5.74) is 7.48. The van der Waals surface area contributed by atoms with Crippen molar-refractivity contribution in [2.24, 2.45) is 0 Å². The van der Waals surface area contributed by atoms with Crippen LogP contribution in [0.3, 0.4) is 0 Å². The number of ether oxygens (including phenoxy) is 1. The lowest BCUT2D eigenvalue weighted by Gasteiger charge is -2.05. The first-order chi connectivity index (χ1) is 8.72. The monoisotopic (exact) mass is 267 g/mol. The van der Waals surface area contributed by atoms with E-state index >= 15 is 0 Å². The van der Waals surface area contributed by atoms with Gasteiger partial charge in [0.15, 0.2) is 0 Å². The Hall–Kier alpha value is -1.16. The van der Waals surface area contributed by atoms with E-state index in [1.807, 2.05) is 36.0 Å². The van der Waals surface area contributed by atoms with Crippen molar-refractivity contribution in [3.8, 4) is 0 Å². The minimum atomic E-state index is -0.126. The van der Waals surface area contributed by atoms with Crippen LogP contribution in [0.5, 0.6) is 0 Å². The summed E-state index contributed by atoms with van der Waals surface area (Å²) in [5, 5.41) is 0. The predicted octanol–water partition coefficient (Wildman–Crippen LogP) is 2.89. The third kappa shape index (κ3) is 6.55. The first-order valence-electron chi connectivity index (χ1n) is 6.30. The highest BCUT2D eigenvalue weighted by atomic mass is 32.2. The van der Waals surface area contributed by atoms with Crippen molar-refractivity contribution in [3.63, 3.8) is 0 Å². The molecule has 0 aliphatic carbocycles. The molecule has 0 aliphatic heterocycles. The molecule has 100 valence electrons. The molecule has 3 nitrogen and oxygen atoms in total. The van der Waals surface area contributed by atoms with Crippen LogP contribution in [0.1, 0.15) is 25.3 Å². The number of nitrogens with two attached hydrogens (primary N) is 1. The molecular weight excluding hydrogens is 246 g/mol. The Kier molecular flexibility index (Phi) is 7.34. The molecule has 18 heavy (non-hydrogen) atoms. The number of carbonyl (C=O) groups excluding carboxylic acids is 1. The maximum absolute atomic E-state index is 11.5. The molecule has 0 bridgehead atoms. The minimum Gasteiger partial charge on any atom is -0.466 e. The SMILES string of the molecule is CCSCCCOC(=O)CCc1cccc(N)c1. The average molecular weight is 267 g/mol. The highest BCUT2D eigenvalue weighted by Crippen LogP contribution is 2.09. The van der Waals surface area contributed by atoms with Gasteiger partial charge in [-0.1, -0.05) is 19.1 Å². The molecule has 2 N–H and O–H groups in total. The summed E-state index contributed by atoms with van der Waals surface area (Å²) in [6.07, 6.45) is 2.04. The van der Waals surface area contributed by atoms with E-state index in [1.54, 1.807) is 0 Å². The van der Waals surface area contributed by atoms with Gasteiger partial charge in [0.05, 0.1) is 6.61 Å². The van der Waals surface area contributed by atoms with Crippen LogP contribution < -0.4 is 5.73 Å². The van der Waals surface area contributed by atoms with Crippen molar-refractivity contribution in [1.29, 1.82) is 0 Å². The van der Waals surface area contributed by atoms with E-state index in [9.17, 15) is 4.79 Å². The van der Waals surface area contributed by atoms with Crippen molar-refractivity contribution in [2.75, 3.05) is 23.8 Å². The maximum Gasteiger partial charge on any atom is 0.306 e.